The van der Waals surface area contributed by atoms with Crippen molar-refractivity contribution in [3.63, 3.8) is 0 Å². The van der Waals surface area contributed by atoms with E-state index in [1.807, 2.05) is 18.2 Å². The molecule has 0 spiro atoms. The minimum Gasteiger partial charge on any atom is -0.508 e. The second-order valence-corrected chi connectivity index (χ2v) is 7.35. The Morgan fingerprint density at radius 2 is 1.79 bits per heavy atom. The van der Waals surface area contributed by atoms with Gasteiger partial charge < -0.3 is 10.0 Å². The summed E-state index contributed by atoms with van der Waals surface area (Å²) in [4.78, 5) is 2.33. The number of hydrogen-bond acceptors (Lipinski definition) is 3. The summed E-state index contributed by atoms with van der Waals surface area (Å²) in [5, 5.41) is 11.3. The van der Waals surface area contributed by atoms with Gasteiger partial charge in [0, 0.05) is 17.9 Å². The van der Waals surface area contributed by atoms with Gasteiger partial charge in [0.2, 0.25) is 0 Å². The van der Waals surface area contributed by atoms with Gasteiger partial charge in [-0.25, -0.2) is 0 Å². The van der Waals surface area contributed by atoms with Crippen molar-refractivity contribution in [2.75, 3.05) is 6.54 Å². The van der Waals surface area contributed by atoms with Crippen LogP contribution in [0, 0.1) is 0 Å². The number of benzene rings is 1. The monoisotopic (exact) mass is 397 g/mol. The summed E-state index contributed by atoms with van der Waals surface area (Å²) in [7, 11) is 0. The normalized spacial score (nSPS) is 13.6. The first-order valence-corrected chi connectivity index (χ1v) is 10.4. The number of rotatable bonds is 10. The standard InChI is InChI=1S/C25H35NOS/c1-7-9-24(8-2)26(16-14-23-10-12-25(27)13-11-23)22(6)21(5)18-20(4)19(3)15-17-28/h8,10-13,15,17-18,27-28H,6-7,9,14,16H2,1-5H3/b17-15-,20-19+,21-18+,24-8-. The van der Waals surface area contributed by atoms with E-state index in [4.69, 9.17) is 0 Å². The lowest BCUT2D eigenvalue weighted by Gasteiger charge is -2.30. The first kappa shape index (κ1) is 23.9. The predicted octanol–water partition coefficient (Wildman–Crippen LogP) is 7.18. The lowest BCUT2D eigenvalue weighted by molar-refractivity contribution is 0.419. The van der Waals surface area contributed by atoms with Crippen LogP contribution in [0.25, 0.3) is 0 Å². The Morgan fingerprint density at radius 3 is 2.32 bits per heavy atom. The average molecular weight is 398 g/mol. The van der Waals surface area contributed by atoms with Gasteiger partial charge in [0.25, 0.3) is 0 Å². The quantitative estimate of drug-likeness (QED) is 0.323. The number of nitrogens with zero attached hydrogens (tertiary/aromatic N) is 1. The smallest absolute Gasteiger partial charge is 0.115 e. The molecule has 0 saturated carbocycles. The number of allylic oxidation sites excluding steroid dienone is 7. The molecule has 0 aliphatic rings. The number of aromatic hydroxyl groups is 1. The van der Waals surface area contributed by atoms with E-state index in [1.54, 1.807) is 17.5 Å². The van der Waals surface area contributed by atoms with Crippen LogP contribution in [0.5, 0.6) is 5.75 Å². The summed E-state index contributed by atoms with van der Waals surface area (Å²) in [6, 6.07) is 7.45. The van der Waals surface area contributed by atoms with E-state index in [0.717, 1.165) is 37.1 Å². The van der Waals surface area contributed by atoms with Gasteiger partial charge in [-0.1, -0.05) is 50.3 Å². The third-order valence-electron chi connectivity index (χ3n) is 4.91. The fourth-order valence-electron chi connectivity index (χ4n) is 3.02. The van der Waals surface area contributed by atoms with Crippen molar-refractivity contribution >= 4 is 12.6 Å². The Balaban J connectivity index is 3.10. The Kier molecular flexibility index (Phi) is 10.5. The van der Waals surface area contributed by atoms with Crippen molar-refractivity contribution in [3.8, 4) is 5.75 Å². The highest BCUT2D eigenvalue weighted by Crippen LogP contribution is 2.24. The summed E-state index contributed by atoms with van der Waals surface area (Å²) in [5.41, 5.74) is 7.09. The molecule has 1 aromatic carbocycles. The van der Waals surface area contributed by atoms with E-state index in [1.165, 1.54) is 22.4 Å². The molecule has 28 heavy (non-hydrogen) atoms. The minimum absolute atomic E-state index is 0.303. The first-order chi connectivity index (χ1) is 13.3. The Bertz CT molecular complexity index is 766. The van der Waals surface area contributed by atoms with Crippen molar-refractivity contribution in [2.24, 2.45) is 0 Å². The maximum atomic E-state index is 9.50. The lowest BCUT2D eigenvalue weighted by atomic mass is 10.0. The van der Waals surface area contributed by atoms with Crippen LogP contribution in [0.15, 0.2) is 82.6 Å². The molecular formula is C25H35NOS. The van der Waals surface area contributed by atoms with Gasteiger partial charge in [-0.3, -0.25) is 0 Å². The molecule has 0 atom stereocenters. The summed E-state index contributed by atoms with van der Waals surface area (Å²) in [5.74, 6) is 0.303. The molecule has 0 unspecified atom stereocenters. The molecule has 0 heterocycles. The summed E-state index contributed by atoms with van der Waals surface area (Å²) in [6.45, 7) is 15.9. The van der Waals surface area contributed by atoms with Crippen molar-refractivity contribution < 1.29 is 5.11 Å². The Hall–Kier alpha value is -2.13. The van der Waals surface area contributed by atoms with Crippen LogP contribution in [-0.4, -0.2) is 16.6 Å². The zero-order valence-electron chi connectivity index (χ0n) is 18.0. The highest BCUT2D eigenvalue weighted by Gasteiger charge is 2.14. The molecule has 152 valence electrons. The third kappa shape index (κ3) is 7.47. The highest BCUT2D eigenvalue weighted by atomic mass is 32.1. The number of phenols is 1. The topological polar surface area (TPSA) is 23.5 Å². The second kappa shape index (κ2) is 12.4. The molecule has 1 N–H and O–H groups in total. The van der Waals surface area contributed by atoms with Crippen LogP contribution < -0.4 is 0 Å². The molecule has 1 aromatic rings. The minimum atomic E-state index is 0.303. The maximum Gasteiger partial charge on any atom is 0.115 e. The molecule has 0 bridgehead atoms. The Morgan fingerprint density at radius 1 is 1.14 bits per heavy atom. The predicted molar refractivity (Wildman–Crippen MR) is 127 cm³/mol. The molecule has 1 rings (SSSR count). The van der Waals surface area contributed by atoms with Gasteiger partial charge in [0.05, 0.1) is 0 Å². The van der Waals surface area contributed by atoms with Crippen molar-refractivity contribution in [3.05, 3.63) is 88.2 Å². The number of phenolic OH excluding ortho intramolecular Hbond substituents is 1. The molecular weight excluding hydrogens is 362 g/mol. The molecule has 0 fully saturated rings. The number of hydrogen-bond donors (Lipinski definition) is 2. The summed E-state index contributed by atoms with van der Waals surface area (Å²) >= 11 is 4.17. The van der Waals surface area contributed by atoms with Crippen LogP contribution in [0.2, 0.25) is 0 Å². The molecule has 0 aromatic heterocycles. The van der Waals surface area contributed by atoms with E-state index < -0.39 is 0 Å². The van der Waals surface area contributed by atoms with E-state index in [0.29, 0.717) is 5.75 Å². The fraction of sp³-hybridized carbons (Fsp3) is 0.360. The third-order valence-corrected chi connectivity index (χ3v) is 5.06. The Labute approximate surface area is 177 Å². The molecule has 0 aliphatic heterocycles. The van der Waals surface area contributed by atoms with E-state index >= 15 is 0 Å². The molecule has 2 nitrogen and oxygen atoms in total. The van der Waals surface area contributed by atoms with Crippen molar-refractivity contribution in [1.29, 1.82) is 0 Å². The molecule has 3 heteroatoms. The van der Waals surface area contributed by atoms with Crippen LogP contribution in [0.4, 0.5) is 0 Å². The SMILES string of the molecule is C=C(/C(C)=C/C(C)=C(C)/C=C\S)N(CCc1ccc(O)cc1)/C(=C\C)CCC. The molecule has 0 aliphatic carbocycles. The van der Waals surface area contributed by atoms with Crippen LogP contribution in [0.3, 0.4) is 0 Å². The van der Waals surface area contributed by atoms with Gasteiger partial charge in [0.15, 0.2) is 0 Å². The van der Waals surface area contributed by atoms with Crippen LogP contribution >= 0.6 is 12.6 Å². The van der Waals surface area contributed by atoms with Crippen LogP contribution in [0.1, 0.15) is 53.0 Å². The molecule has 0 radical (unpaired) electrons. The van der Waals surface area contributed by atoms with E-state index in [2.05, 4.69) is 70.9 Å². The van der Waals surface area contributed by atoms with E-state index in [9.17, 15) is 5.11 Å². The molecule has 0 amide bonds. The second-order valence-electron chi connectivity index (χ2n) is 7.05. The zero-order chi connectivity index (χ0) is 21.1. The fourth-order valence-corrected chi connectivity index (χ4v) is 3.25. The summed E-state index contributed by atoms with van der Waals surface area (Å²) < 4.78 is 0. The van der Waals surface area contributed by atoms with Crippen molar-refractivity contribution in [2.45, 2.75) is 53.9 Å². The molecule has 0 saturated heterocycles. The van der Waals surface area contributed by atoms with Crippen LogP contribution in [-0.2, 0) is 6.42 Å². The van der Waals surface area contributed by atoms with Gasteiger partial charge in [0.1, 0.15) is 5.75 Å². The summed E-state index contributed by atoms with van der Waals surface area (Å²) in [6.07, 6.45) is 9.39. The van der Waals surface area contributed by atoms with E-state index in [-0.39, 0.29) is 0 Å². The van der Waals surface area contributed by atoms with Gasteiger partial charge in [-0.15, -0.1) is 0 Å². The zero-order valence-corrected chi connectivity index (χ0v) is 18.9. The number of thiol groups is 1. The largest absolute Gasteiger partial charge is 0.508 e. The lowest BCUT2D eigenvalue weighted by Crippen LogP contribution is -2.25. The van der Waals surface area contributed by atoms with Gasteiger partial charge in [-0.05, 0) is 80.4 Å². The highest BCUT2D eigenvalue weighted by molar-refractivity contribution is 7.83. The van der Waals surface area contributed by atoms with Gasteiger partial charge >= 0.3 is 0 Å². The maximum absolute atomic E-state index is 9.50. The van der Waals surface area contributed by atoms with Gasteiger partial charge in [-0.2, -0.15) is 12.6 Å². The average Bonchev–Trinajstić information content (AvgIpc) is 2.68. The van der Waals surface area contributed by atoms with Crippen molar-refractivity contribution in [1.82, 2.24) is 4.90 Å². The first-order valence-electron chi connectivity index (χ1n) is 9.90.